The molecule has 0 fully saturated rings. The topological polar surface area (TPSA) is 103 Å². The Hall–Kier alpha value is -1.22. The van der Waals surface area contributed by atoms with Gasteiger partial charge in [-0.15, -0.1) is 0 Å². The van der Waals surface area contributed by atoms with Crippen molar-refractivity contribution in [2.75, 3.05) is 5.17 Å². The van der Waals surface area contributed by atoms with Gasteiger partial charge in [-0.2, -0.15) is 11.1 Å². The normalized spacial score (nSPS) is 10.5. The molecule has 0 unspecified atom stereocenters. The van der Waals surface area contributed by atoms with E-state index in [2.05, 4.69) is 5.84 Å². The number of nitrogens with two attached hydrogens (primary N) is 1. The van der Waals surface area contributed by atoms with E-state index in [1.165, 1.54) is 0 Å². The highest BCUT2D eigenvalue weighted by Gasteiger charge is 1.90. The summed E-state index contributed by atoms with van der Waals surface area (Å²) in [5, 5.41) is 21.5. The first-order valence-corrected chi connectivity index (χ1v) is 3.45. The van der Waals surface area contributed by atoms with E-state index < -0.39 is 0 Å². The zero-order valence-corrected chi connectivity index (χ0v) is 6.68. The van der Waals surface area contributed by atoms with E-state index in [0.29, 0.717) is 10.9 Å². The summed E-state index contributed by atoms with van der Waals surface area (Å²) < 4.78 is 0. The van der Waals surface area contributed by atoms with E-state index >= 15 is 0 Å². The quantitative estimate of drug-likeness (QED) is 0.430. The zero-order valence-electron chi connectivity index (χ0n) is 6.68. The molecule has 72 valence electrons. The van der Waals surface area contributed by atoms with Crippen molar-refractivity contribution in [1.29, 1.82) is 0 Å². The molecule has 0 spiro atoms. The van der Waals surface area contributed by atoms with E-state index in [-0.39, 0.29) is 5.28 Å². The number of nitrogens with one attached hydrogen (secondary N) is 2. The van der Waals surface area contributed by atoms with Crippen LogP contribution in [0.3, 0.4) is 0 Å². The molecule has 7 nitrogen and oxygen atoms in total. The van der Waals surface area contributed by atoms with Gasteiger partial charge in [0, 0.05) is 5.69 Å². The number of hydrogen-bond acceptors (Lipinski definition) is 7. The second kappa shape index (κ2) is 4.72. The minimum atomic E-state index is -0.117. The lowest BCUT2D eigenvalue weighted by Crippen LogP contribution is -2.53. The number of hydrogen-bond donors (Lipinski definition) is 3. The molecule has 0 amide bonds. The Balaban J connectivity index is 2.44. The molecule has 1 aromatic carbocycles. The summed E-state index contributed by atoms with van der Waals surface area (Å²) in [6.07, 6.45) is 0. The third-order valence-electron chi connectivity index (χ3n) is 1.25. The number of hydrazine groups is 4. The van der Waals surface area contributed by atoms with Gasteiger partial charge in [0.15, 0.2) is 0 Å². The van der Waals surface area contributed by atoms with Crippen molar-refractivity contribution >= 4 is 5.69 Å². The van der Waals surface area contributed by atoms with Crippen molar-refractivity contribution in [3.8, 4) is 0 Å². The van der Waals surface area contributed by atoms with E-state index in [9.17, 15) is 10.4 Å². The van der Waals surface area contributed by atoms with Crippen molar-refractivity contribution in [3.05, 3.63) is 40.7 Å². The van der Waals surface area contributed by atoms with Gasteiger partial charge in [0.25, 0.3) is 0 Å². The van der Waals surface area contributed by atoms with Crippen LogP contribution in [0, 0.1) is 10.4 Å². The van der Waals surface area contributed by atoms with Gasteiger partial charge < -0.3 is 15.6 Å². The number of rotatable bonds is 4. The summed E-state index contributed by atoms with van der Waals surface area (Å²) in [5.41, 5.74) is 4.24. The third kappa shape index (κ3) is 3.34. The number of benzene rings is 1. The highest BCUT2D eigenvalue weighted by Crippen LogP contribution is 2.07. The van der Waals surface area contributed by atoms with Crippen LogP contribution in [-0.2, 0) is 0 Å². The fourth-order valence-electron chi connectivity index (χ4n) is 0.723. The monoisotopic (exact) mass is 183 g/mol. The molecular weight excluding hydrogens is 174 g/mol. The molecule has 0 radical (unpaired) electrons. The summed E-state index contributed by atoms with van der Waals surface area (Å²) in [6, 6.07) is 8.31. The molecule has 13 heavy (non-hydrogen) atoms. The third-order valence-corrected chi connectivity index (χ3v) is 1.25. The summed E-state index contributed by atoms with van der Waals surface area (Å²) in [5.74, 6) is 4.66. The summed E-state index contributed by atoms with van der Waals surface area (Å²) >= 11 is 0. The van der Waals surface area contributed by atoms with Gasteiger partial charge in [-0.1, -0.05) is 18.2 Å². The van der Waals surface area contributed by atoms with Gasteiger partial charge in [0.05, 0.1) is 0 Å². The largest absolute Gasteiger partial charge is 0.757 e. The fourth-order valence-corrected chi connectivity index (χ4v) is 0.723. The van der Waals surface area contributed by atoms with Crippen LogP contribution in [0.1, 0.15) is 0 Å². The predicted octanol–water partition coefficient (Wildman–Crippen LogP) is -0.411. The molecule has 7 heteroatoms. The Morgan fingerprint density at radius 3 is 2.23 bits per heavy atom. The average Bonchev–Trinajstić information content (AvgIpc) is 2.15. The Labute approximate surface area is 74.8 Å². The molecule has 1 rings (SSSR count). The molecule has 0 saturated heterocycles. The summed E-state index contributed by atoms with van der Waals surface area (Å²) in [7, 11) is 0. The Bertz CT molecular complexity index is 242. The summed E-state index contributed by atoms with van der Waals surface area (Å²) in [6.45, 7) is 0. The standard InChI is InChI=1S/C6H9N5O2/c7-11(13)9-8-10(12)6-4-2-1-3-5-6/h1-5,8-9H,7H2/q-2. The van der Waals surface area contributed by atoms with Crippen LogP contribution in [0.25, 0.3) is 0 Å². The molecule has 0 heterocycles. The average molecular weight is 183 g/mol. The predicted molar refractivity (Wildman–Crippen MR) is 48.0 cm³/mol. The van der Waals surface area contributed by atoms with E-state index in [4.69, 9.17) is 0 Å². The number of para-hydroxylation sites is 1. The molecular formula is C6H9N5O2-2. The maximum absolute atomic E-state index is 11.1. The lowest BCUT2D eigenvalue weighted by molar-refractivity contribution is 0.229. The van der Waals surface area contributed by atoms with Gasteiger partial charge >= 0.3 is 0 Å². The van der Waals surface area contributed by atoms with Gasteiger partial charge in [0.2, 0.25) is 0 Å². The smallest absolute Gasteiger partial charge is 0.0415 e. The molecule has 0 aromatic heterocycles. The fraction of sp³-hybridized carbons (Fsp3) is 0. The van der Waals surface area contributed by atoms with Gasteiger partial charge in [-0.3, -0.25) is 5.84 Å². The maximum atomic E-state index is 11.1. The lowest BCUT2D eigenvalue weighted by atomic mass is 10.3. The number of anilines is 1. The molecule has 1 aromatic rings. The van der Waals surface area contributed by atoms with Crippen LogP contribution >= 0.6 is 0 Å². The first-order valence-electron chi connectivity index (χ1n) is 3.45. The first kappa shape index (κ1) is 9.86. The Morgan fingerprint density at radius 1 is 1.08 bits per heavy atom. The van der Waals surface area contributed by atoms with Crippen LogP contribution < -0.4 is 22.1 Å². The zero-order chi connectivity index (χ0) is 9.68. The van der Waals surface area contributed by atoms with Crippen LogP contribution in [0.5, 0.6) is 0 Å². The second-order valence-electron chi connectivity index (χ2n) is 2.18. The van der Waals surface area contributed by atoms with E-state index in [0.717, 1.165) is 0 Å². The molecule has 0 aliphatic carbocycles. The second-order valence-corrected chi connectivity index (χ2v) is 2.18. The minimum Gasteiger partial charge on any atom is -0.757 e. The molecule has 0 atom stereocenters. The first-order chi connectivity index (χ1) is 6.20. The minimum absolute atomic E-state index is 0.117. The molecule has 0 saturated carbocycles. The molecule has 0 aliphatic rings. The van der Waals surface area contributed by atoms with Crippen molar-refractivity contribution in [3.63, 3.8) is 0 Å². The van der Waals surface area contributed by atoms with Crippen molar-refractivity contribution in [2.45, 2.75) is 0 Å². The molecule has 0 bridgehead atoms. The molecule has 0 aliphatic heterocycles. The SMILES string of the molecule is NN([O-])NNN([O-])c1ccccc1. The summed E-state index contributed by atoms with van der Waals surface area (Å²) in [4.78, 5) is 0. The van der Waals surface area contributed by atoms with Gasteiger partial charge in [-0.05, 0) is 12.1 Å². The van der Waals surface area contributed by atoms with Crippen LogP contribution in [0.4, 0.5) is 5.69 Å². The van der Waals surface area contributed by atoms with E-state index in [1.54, 1.807) is 30.3 Å². The van der Waals surface area contributed by atoms with Gasteiger partial charge in [0.1, 0.15) is 0 Å². The van der Waals surface area contributed by atoms with Crippen molar-refractivity contribution in [1.82, 2.24) is 16.4 Å². The van der Waals surface area contributed by atoms with Crippen LogP contribution in [0.2, 0.25) is 0 Å². The van der Waals surface area contributed by atoms with Crippen molar-refractivity contribution < 1.29 is 0 Å². The van der Waals surface area contributed by atoms with Gasteiger partial charge in [-0.25, -0.2) is 5.28 Å². The number of nitrogens with zero attached hydrogens (tertiary/aromatic N) is 2. The van der Waals surface area contributed by atoms with Crippen LogP contribution in [-0.4, -0.2) is 5.28 Å². The maximum Gasteiger partial charge on any atom is 0.0415 e. The van der Waals surface area contributed by atoms with Crippen molar-refractivity contribution in [2.24, 2.45) is 5.84 Å². The highest BCUT2D eigenvalue weighted by atomic mass is 16.6. The van der Waals surface area contributed by atoms with Crippen LogP contribution in [0.15, 0.2) is 30.3 Å². The van der Waals surface area contributed by atoms with E-state index in [1.807, 2.05) is 11.1 Å². The highest BCUT2D eigenvalue weighted by molar-refractivity contribution is 5.44. The lowest BCUT2D eigenvalue weighted by Gasteiger charge is -2.34. The molecule has 4 N–H and O–H groups in total. The Kier molecular flexibility index (Phi) is 3.58. The Morgan fingerprint density at radius 2 is 1.69 bits per heavy atom.